The largest absolute Gasteiger partial charge is 0.365 e. The number of aromatic nitrogens is 2. The van der Waals surface area contributed by atoms with Crippen molar-refractivity contribution in [3.63, 3.8) is 0 Å². The molecule has 2 aromatic carbocycles. The van der Waals surface area contributed by atoms with Crippen LogP contribution in [0.1, 0.15) is 22.4 Å². The van der Waals surface area contributed by atoms with Crippen LogP contribution in [-0.2, 0) is 20.0 Å². The Balaban J connectivity index is 1.72. The molecule has 0 saturated heterocycles. The summed E-state index contributed by atoms with van der Waals surface area (Å²) in [6.07, 6.45) is 2.70. The van der Waals surface area contributed by atoms with Gasteiger partial charge in [-0.25, -0.2) is 9.37 Å². The Morgan fingerprint density at radius 2 is 1.70 bits per heavy atom. The molecule has 0 amide bonds. The molecule has 4 aromatic rings. The average molecular weight is 359 g/mol. The maximum atomic E-state index is 13.1. The van der Waals surface area contributed by atoms with Gasteiger partial charge in [0.05, 0.1) is 5.52 Å². The summed E-state index contributed by atoms with van der Waals surface area (Å²) in [5.74, 6) is 0.647. The van der Waals surface area contributed by atoms with E-state index in [9.17, 15) is 4.39 Å². The number of nitrogens with zero attached hydrogens (tertiary/aromatic N) is 2. The van der Waals surface area contributed by atoms with Gasteiger partial charge in [0.25, 0.3) is 0 Å². The highest BCUT2D eigenvalue weighted by molar-refractivity contribution is 5.94. The van der Waals surface area contributed by atoms with Gasteiger partial charge < -0.3 is 9.88 Å². The molecule has 0 bridgehead atoms. The SMILES string of the molecule is Cc1c(Cc2ccccc2)c2c(NCc3ccc(F)cc3)nccc2n1C. The van der Waals surface area contributed by atoms with Crippen molar-refractivity contribution >= 4 is 16.7 Å². The highest BCUT2D eigenvalue weighted by Gasteiger charge is 2.16. The molecule has 3 nitrogen and oxygen atoms in total. The molecule has 0 aliphatic rings. The van der Waals surface area contributed by atoms with Gasteiger partial charge in [-0.15, -0.1) is 0 Å². The van der Waals surface area contributed by atoms with Gasteiger partial charge in [-0.3, -0.25) is 0 Å². The zero-order valence-corrected chi connectivity index (χ0v) is 15.5. The number of anilines is 1. The number of fused-ring (bicyclic) bond motifs is 1. The predicted molar refractivity (Wildman–Crippen MR) is 108 cm³/mol. The van der Waals surface area contributed by atoms with E-state index in [1.165, 1.54) is 29.0 Å². The summed E-state index contributed by atoms with van der Waals surface area (Å²) in [5.41, 5.74) is 5.99. The van der Waals surface area contributed by atoms with Gasteiger partial charge in [0.2, 0.25) is 0 Å². The Bertz CT molecular complexity index is 1070. The van der Waals surface area contributed by atoms with Gasteiger partial charge in [0.1, 0.15) is 11.6 Å². The lowest BCUT2D eigenvalue weighted by Crippen LogP contribution is -2.02. The molecule has 0 aliphatic carbocycles. The molecule has 1 N–H and O–H groups in total. The molecule has 2 aromatic heterocycles. The standard InChI is InChI=1S/C23H22FN3/c1-16-20(14-17-6-4-3-5-7-17)22-21(27(16)2)12-13-25-23(22)26-15-18-8-10-19(24)11-9-18/h3-13H,14-15H2,1-2H3,(H,25,26). The molecule has 0 aliphatic heterocycles. The van der Waals surface area contributed by atoms with E-state index in [1.54, 1.807) is 12.1 Å². The van der Waals surface area contributed by atoms with Crippen LogP contribution in [0.2, 0.25) is 0 Å². The zero-order chi connectivity index (χ0) is 18.8. The summed E-state index contributed by atoms with van der Waals surface area (Å²) in [7, 11) is 2.09. The fourth-order valence-corrected chi connectivity index (χ4v) is 3.53. The van der Waals surface area contributed by atoms with Crippen molar-refractivity contribution in [2.24, 2.45) is 7.05 Å². The van der Waals surface area contributed by atoms with Gasteiger partial charge in [-0.05, 0) is 48.2 Å². The fraction of sp³-hybridized carbons (Fsp3) is 0.174. The van der Waals surface area contributed by atoms with Crippen LogP contribution < -0.4 is 5.32 Å². The number of hydrogen-bond donors (Lipinski definition) is 1. The minimum Gasteiger partial charge on any atom is -0.365 e. The van der Waals surface area contributed by atoms with Crippen LogP contribution in [0.3, 0.4) is 0 Å². The van der Waals surface area contributed by atoms with Gasteiger partial charge in [-0.1, -0.05) is 42.5 Å². The molecule has 136 valence electrons. The minimum atomic E-state index is -0.220. The second-order valence-corrected chi connectivity index (χ2v) is 6.82. The number of pyridine rings is 1. The summed E-state index contributed by atoms with van der Waals surface area (Å²) in [4.78, 5) is 4.60. The minimum absolute atomic E-state index is 0.220. The third-order valence-corrected chi connectivity index (χ3v) is 5.13. The highest BCUT2D eigenvalue weighted by Crippen LogP contribution is 2.32. The van der Waals surface area contributed by atoms with Crippen molar-refractivity contribution in [3.8, 4) is 0 Å². The Morgan fingerprint density at radius 1 is 0.963 bits per heavy atom. The van der Waals surface area contributed by atoms with E-state index in [0.717, 1.165) is 28.7 Å². The number of nitrogens with one attached hydrogen (secondary N) is 1. The van der Waals surface area contributed by atoms with Gasteiger partial charge in [-0.2, -0.15) is 0 Å². The Kier molecular flexibility index (Phi) is 4.63. The molecule has 0 fully saturated rings. The van der Waals surface area contributed by atoms with Crippen molar-refractivity contribution < 1.29 is 4.39 Å². The van der Waals surface area contributed by atoms with E-state index in [1.807, 2.05) is 12.3 Å². The molecule has 0 radical (unpaired) electrons. The van der Waals surface area contributed by atoms with Crippen LogP contribution in [0.15, 0.2) is 66.9 Å². The lowest BCUT2D eigenvalue weighted by molar-refractivity contribution is 0.627. The topological polar surface area (TPSA) is 29.9 Å². The second-order valence-electron chi connectivity index (χ2n) is 6.82. The van der Waals surface area contributed by atoms with Gasteiger partial charge in [0, 0.05) is 30.9 Å². The first-order valence-corrected chi connectivity index (χ1v) is 9.08. The number of aryl methyl sites for hydroxylation is 1. The van der Waals surface area contributed by atoms with Crippen LogP contribution in [0.5, 0.6) is 0 Å². The third kappa shape index (κ3) is 3.43. The highest BCUT2D eigenvalue weighted by atomic mass is 19.1. The first-order valence-electron chi connectivity index (χ1n) is 9.08. The van der Waals surface area contributed by atoms with E-state index in [2.05, 4.69) is 59.2 Å². The molecule has 4 heteroatoms. The van der Waals surface area contributed by atoms with E-state index in [0.29, 0.717) is 6.54 Å². The summed E-state index contributed by atoms with van der Waals surface area (Å²) >= 11 is 0. The predicted octanol–water partition coefficient (Wildman–Crippen LogP) is 5.22. The fourth-order valence-electron chi connectivity index (χ4n) is 3.53. The van der Waals surface area contributed by atoms with Crippen molar-refractivity contribution in [1.82, 2.24) is 9.55 Å². The van der Waals surface area contributed by atoms with E-state index in [-0.39, 0.29) is 5.82 Å². The van der Waals surface area contributed by atoms with Crippen LogP contribution in [0, 0.1) is 12.7 Å². The normalized spacial score (nSPS) is 11.1. The van der Waals surface area contributed by atoms with E-state index in [4.69, 9.17) is 0 Å². The van der Waals surface area contributed by atoms with E-state index < -0.39 is 0 Å². The van der Waals surface area contributed by atoms with E-state index >= 15 is 0 Å². The summed E-state index contributed by atoms with van der Waals surface area (Å²) in [6.45, 7) is 2.76. The molecule has 2 heterocycles. The van der Waals surface area contributed by atoms with Gasteiger partial charge in [0.15, 0.2) is 0 Å². The molecule has 0 saturated carbocycles. The lowest BCUT2D eigenvalue weighted by atomic mass is 10.0. The Hall–Kier alpha value is -3.14. The van der Waals surface area contributed by atoms with Gasteiger partial charge >= 0.3 is 0 Å². The summed E-state index contributed by atoms with van der Waals surface area (Å²) < 4.78 is 15.4. The Morgan fingerprint density at radius 3 is 2.44 bits per heavy atom. The van der Waals surface area contributed by atoms with Crippen LogP contribution in [0.25, 0.3) is 10.9 Å². The Labute approximate surface area is 158 Å². The molecule has 4 rings (SSSR count). The van der Waals surface area contributed by atoms with Crippen molar-refractivity contribution in [2.75, 3.05) is 5.32 Å². The maximum absolute atomic E-state index is 13.1. The number of rotatable bonds is 5. The van der Waals surface area contributed by atoms with Crippen LogP contribution in [0.4, 0.5) is 10.2 Å². The molecule has 0 spiro atoms. The number of halogens is 1. The number of hydrogen-bond acceptors (Lipinski definition) is 2. The average Bonchev–Trinajstić information content (AvgIpc) is 2.94. The van der Waals surface area contributed by atoms with Crippen molar-refractivity contribution in [3.05, 3.63) is 95.1 Å². The zero-order valence-electron chi connectivity index (χ0n) is 15.5. The van der Waals surface area contributed by atoms with Crippen LogP contribution >= 0.6 is 0 Å². The quantitative estimate of drug-likeness (QED) is 0.529. The second kappa shape index (κ2) is 7.23. The van der Waals surface area contributed by atoms with Crippen molar-refractivity contribution in [2.45, 2.75) is 19.9 Å². The molecule has 27 heavy (non-hydrogen) atoms. The maximum Gasteiger partial charge on any atom is 0.135 e. The molecular weight excluding hydrogens is 337 g/mol. The monoisotopic (exact) mass is 359 g/mol. The lowest BCUT2D eigenvalue weighted by Gasteiger charge is -2.09. The first-order chi connectivity index (χ1) is 13.1. The third-order valence-electron chi connectivity index (χ3n) is 5.13. The first kappa shape index (κ1) is 17.3. The molecule has 0 atom stereocenters. The molecular formula is C23H22FN3. The summed E-state index contributed by atoms with van der Waals surface area (Å²) in [5, 5.41) is 4.60. The van der Waals surface area contributed by atoms with Crippen LogP contribution in [-0.4, -0.2) is 9.55 Å². The number of benzene rings is 2. The summed E-state index contributed by atoms with van der Waals surface area (Å²) in [6, 6.07) is 19.1. The molecule has 0 unspecified atom stereocenters. The van der Waals surface area contributed by atoms with Crippen molar-refractivity contribution in [1.29, 1.82) is 0 Å². The smallest absolute Gasteiger partial charge is 0.135 e.